The molecule has 160 valence electrons. The largest absolute Gasteiger partial charge is 0.350 e. The van der Waals surface area contributed by atoms with Crippen LogP contribution in [0.5, 0.6) is 0 Å². The van der Waals surface area contributed by atoms with Gasteiger partial charge in [-0.3, -0.25) is 19.9 Å². The smallest absolute Gasteiger partial charge is 0.261 e. The number of carbonyl (C=O) groups excluding carboxylic acids is 2. The number of hydrogen-bond acceptors (Lipinski definition) is 4. The van der Waals surface area contributed by atoms with E-state index >= 15 is 0 Å². The average Bonchev–Trinajstić information content (AvgIpc) is 3.13. The van der Waals surface area contributed by atoms with Crippen molar-refractivity contribution in [3.8, 4) is 0 Å². The van der Waals surface area contributed by atoms with Crippen molar-refractivity contribution >= 4 is 29.1 Å². The molecule has 0 aliphatic carbocycles. The average molecular weight is 431 g/mol. The highest BCUT2D eigenvalue weighted by molar-refractivity contribution is 7.12. The number of nitrogens with one attached hydrogen (secondary N) is 3. The third-order valence-electron chi connectivity index (χ3n) is 5.68. The van der Waals surface area contributed by atoms with Gasteiger partial charge in [0.2, 0.25) is 5.91 Å². The number of halogens is 1. The molecule has 0 radical (unpaired) electrons. The van der Waals surface area contributed by atoms with Crippen molar-refractivity contribution in [2.45, 2.75) is 52.2 Å². The van der Waals surface area contributed by atoms with E-state index in [0.717, 1.165) is 5.56 Å². The van der Waals surface area contributed by atoms with Crippen LogP contribution in [-0.2, 0) is 11.3 Å². The predicted octanol–water partition coefficient (Wildman–Crippen LogP) is 4.05. The summed E-state index contributed by atoms with van der Waals surface area (Å²) in [6.07, 6.45) is 0.315. The first kappa shape index (κ1) is 22.0. The fourth-order valence-electron chi connectivity index (χ4n) is 3.32. The molecular weight excluding hydrogens is 403 g/mol. The Balaban J connectivity index is 1.64. The van der Waals surface area contributed by atoms with Gasteiger partial charge in [-0.1, -0.05) is 26.0 Å². The Morgan fingerprint density at radius 1 is 1.37 bits per heavy atom. The summed E-state index contributed by atoms with van der Waals surface area (Å²) in [5.74, 6) is -0.414. The third kappa shape index (κ3) is 4.70. The molecule has 1 saturated heterocycles. The number of guanidine groups is 1. The summed E-state index contributed by atoms with van der Waals surface area (Å²) in [7, 11) is 0. The molecule has 1 aliphatic heterocycles. The molecule has 3 rings (SSSR count). The SMILES string of the molecule is CC(C)[C@]1(C)CC(=O)N(Cc2csc(C(=O)N[C@@H](C)c3cccc(F)c3)c2)C(=N)N1. The van der Waals surface area contributed by atoms with Gasteiger partial charge in [-0.05, 0) is 54.5 Å². The van der Waals surface area contributed by atoms with Crippen LogP contribution in [0.25, 0.3) is 0 Å². The summed E-state index contributed by atoms with van der Waals surface area (Å²) < 4.78 is 13.4. The summed E-state index contributed by atoms with van der Waals surface area (Å²) >= 11 is 1.28. The zero-order valence-corrected chi connectivity index (χ0v) is 18.4. The second-order valence-corrected chi connectivity index (χ2v) is 9.18. The zero-order valence-electron chi connectivity index (χ0n) is 17.6. The Morgan fingerprint density at radius 3 is 2.73 bits per heavy atom. The molecule has 1 aromatic carbocycles. The van der Waals surface area contributed by atoms with E-state index in [1.165, 1.54) is 28.4 Å². The van der Waals surface area contributed by atoms with E-state index in [2.05, 4.69) is 10.6 Å². The van der Waals surface area contributed by atoms with Crippen LogP contribution in [-0.4, -0.2) is 28.2 Å². The van der Waals surface area contributed by atoms with E-state index in [1.54, 1.807) is 25.1 Å². The molecule has 1 fully saturated rings. The van der Waals surface area contributed by atoms with E-state index in [-0.39, 0.29) is 42.1 Å². The van der Waals surface area contributed by atoms with Gasteiger partial charge in [-0.15, -0.1) is 11.3 Å². The molecule has 6 nitrogen and oxygen atoms in total. The minimum absolute atomic E-state index is 0.0828. The summed E-state index contributed by atoms with van der Waals surface area (Å²) in [4.78, 5) is 27.1. The second-order valence-electron chi connectivity index (χ2n) is 8.27. The topological polar surface area (TPSA) is 85.3 Å². The molecule has 8 heteroatoms. The Hall–Kier alpha value is -2.74. The van der Waals surface area contributed by atoms with Gasteiger partial charge in [-0.25, -0.2) is 4.39 Å². The Bertz CT molecular complexity index is 954. The first-order valence-electron chi connectivity index (χ1n) is 9.90. The van der Waals surface area contributed by atoms with Crippen LogP contribution < -0.4 is 10.6 Å². The van der Waals surface area contributed by atoms with Gasteiger partial charge in [0.25, 0.3) is 5.91 Å². The van der Waals surface area contributed by atoms with Crippen molar-refractivity contribution in [1.82, 2.24) is 15.5 Å². The fourth-order valence-corrected chi connectivity index (χ4v) is 4.13. The van der Waals surface area contributed by atoms with Crippen LogP contribution in [0.2, 0.25) is 0 Å². The van der Waals surface area contributed by atoms with Gasteiger partial charge in [0, 0.05) is 5.54 Å². The maximum Gasteiger partial charge on any atom is 0.261 e. The first-order chi connectivity index (χ1) is 14.1. The van der Waals surface area contributed by atoms with E-state index in [0.29, 0.717) is 16.9 Å². The molecule has 2 amide bonds. The quantitative estimate of drug-likeness (QED) is 0.646. The number of thiophene rings is 1. The van der Waals surface area contributed by atoms with Crippen LogP contribution in [0.3, 0.4) is 0 Å². The van der Waals surface area contributed by atoms with E-state index in [1.807, 2.05) is 26.2 Å². The molecule has 30 heavy (non-hydrogen) atoms. The molecule has 0 spiro atoms. The summed E-state index contributed by atoms with van der Waals surface area (Å²) in [5.41, 5.74) is 1.04. The number of benzene rings is 1. The molecule has 2 aromatic rings. The highest BCUT2D eigenvalue weighted by atomic mass is 32.1. The lowest BCUT2D eigenvalue weighted by molar-refractivity contribution is -0.131. The van der Waals surface area contributed by atoms with Crippen LogP contribution in [0.1, 0.15) is 61.0 Å². The lowest BCUT2D eigenvalue weighted by Crippen LogP contribution is -2.62. The first-order valence-corrected chi connectivity index (χ1v) is 10.8. The van der Waals surface area contributed by atoms with E-state index in [4.69, 9.17) is 5.41 Å². The van der Waals surface area contributed by atoms with E-state index in [9.17, 15) is 14.0 Å². The Morgan fingerprint density at radius 2 is 2.10 bits per heavy atom. The predicted molar refractivity (Wildman–Crippen MR) is 116 cm³/mol. The van der Waals surface area contributed by atoms with Crippen molar-refractivity contribution in [2.75, 3.05) is 0 Å². The van der Waals surface area contributed by atoms with Crippen molar-refractivity contribution in [3.63, 3.8) is 0 Å². The van der Waals surface area contributed by atoms with Gasteiger partial charge in [0.05, 0.1) is 23.9 Å². The fraction of sp³-hybridized carbons (Fsp3) is 0.409. The van der Waals surface area contributed by atoms with Crippen LogP contribution in [0.15, 0.2) is 35.7 Å². The van der Waals surface area contributed by atoms with Crippen LogP contribution in [0, 0.1) is 17.1 Å². The molecule has 0 bridgehead atoms. The number of amides is 2. The maximum atomic E-state index is 13.4. The van der Waals surface area contributed by atoms with Crippen molar-refractivity contribution in [3.05, 3.63) is 57.5 Å². The van der Waals surface area contributed by atoms with E-state index < -0.39 is 5.54 Å². The Labute approximate surface area is 180 Å². The molecule has 0 saturated carbocycles. The van der Waals surface area contributed by atoms with Crippen molar-refractivity contribution in [1.29, 1.82) is 5.41 Å². The Kier molecular flexibility index (Phi) is 6.26. The molecule has 1 aromatic heterocycles. The summed E-state index contributed by atoms with van der Waals surface area (Å²) in [5, 5.41) is 16.1. The minimum Gasteiger partial charge on any atom is -0.350 e. The van der Waals surface area contributed by atoms with Gasteiger partial charge in [0.1, 0.15) is 5.82 Å². The van der Waals surface area contributed by atoms with Crippen molar-refractivity contribution in [2.24, 2.45) is 5.92 Å². The van der Waals surface area contributed by atoms with Crippen molar-refractivity contribution < 1.29 is 14.0 Å². The van der Waals surface area contributed by atoms with Gasteiger partial charge < -0.3 is 10.6 Å². The normalized spacial score (nSPS) is 20.3. The minimum atomic E-state index is -0.433. The lowest BCUT2D eigenvalue weighted by atomic mass is 9.83. The second kappa shape index (κ2) is 8.55. The zero-order chi connectivity index (χ0) is 22.1. The molecular formula is C22H27FN4O2S. The standard InChI is InChI=1S/C22H27FN4O2S/c1-13(2)22(4)10-19(28)27(21(24)26-22)11-15-8-18(30-12-15)20(29)25-14(3)16-6-5-7-17(23)9-16/h5-9,12-14H,10-11H2,1-4H3,(H2,24,26)(H,25,29)/t14-,22-/m0/s1. The third-order valence-corrected chi connectivity index (χ3v) is 6.66. The monoisotopic (exact) mass is 430 g/mol. The highest BCUT2D eigenvalue weighted by Gasteiger charge is 2.40. The number of nitrogens with zero attached hydrogens (tertiary/aromatic N) is 1. The van der Waals surface area contributed by atoms with Gasteiger partial charge in [0.15, 0.2) is 5.96 Å². The molecule has 1 aliphatic rings. The molecule has 0 unspecified atom stereocenters. The number of carbonyl (C=O) groups is 2. The van der Waals surface area contributed by atoms with Crippen LogP contribution in [0.4, 0.5) is 4.39 Å². The van der Waals surface area contributed by atoms with Gasteiger partial charge >= 0.3 is 0 Å². The maximum absolute atomic E-state index is 13.4. The summed E-state index contributed by atoms with van der Waals surface area (Å²) in [6, 6.07) is 7.53. The molecule has 2 heterocycles. The number of rotatable bonds is 6. The summed E-state index contributed by atoms with van der Waals surface area (Å²) in [6.45, 7) is 8.04. The lowest BCUT2D eigenvalue weighted by Gasteiger charge is -2.43. The van der Waals surface area contributed by atoms with Crippen LogP contribution >= 0.6 is 11.3 Å². The highest BCUT2D eigenvalue weighted by Crippen LogP contribution is 2.27. The number of hydrogen-bond donors (Lipinski definition) is 3. The van der Waals surface area contributed by atoms with Gasteiger partial charge in [-0.2, -0.15) is 0 Å². The molecule has 3 N–H and O–H groups in total. The molecule has 2 atom stereocenters.